The van der Waals surface area contributed by atoms with E-state index in [4.69, 9.17) is 5.73 Å². The number of benzene rings is 1. The van der Waals surface area contributed by atoms with Crippen molar-refractivity contribution in [1.29, 1.82) is 0 Å². The van der Waals surface area contributed by atoms with Gasteiger partial charge in [0.1, 0.15) is 5.82 Å². The molecule has 0 bridgehead atoms. The Bertz CT molecular complexity index is 668. The summed E-state index contributed by atoms with van der Waals surface area (Å²) >= 11 is 1.72. The third kappa shape index (κ3) is 1.94. The molecule has 0 amide bonds. The van der Waals surface area contributed by atoms with Crippen LogP contribution in [0, 0.1) is 0 Å². The highest BCUT2D eigenvalue weighted by Crippen LogP contribution is 2.19. The van der Waals surface area contributed by atoms with E-state index in [-0.39, 0.29) is 0 Å². The number of imidazole rings is 1. The third-order valence-corrected chi connectivity index (χ3v) is 3.95. The molecule has 2 aromatic heterocycles. The van der Waals surface area contributed by atoms with E-state index < -0.39 is 0 Å². The zero-order valence-corrected chi connectivity index (χ0v) is 11.1. The maximum absolute atomic E-state index is 5.68. The van der Waals surface area contributed by atoms with Gasteiger partial charge in [0, 0.05) is 20.0 Å². The lowest BCUT2D eigenvalue weighted by molar-refractivity contribution is 0.845. The van der Waals surface area contributed by atoms with Gasteiger partial charge in [-0.2, -0.15) is 11.3 Å². The first-order valence-corrected chi connectivity index (χ1v) is 6.87. The SMILES string of the molecule is Cn1c(Cc2ccsc2)nc2ccc(CN)cc21. The molecule has 0 radical (unpaired) electrons. The summed E-state index contributed by atoms with van der Waals surface area (Å²) in [6.07, 6.45) is 0.882. The molecular weight excluding hydrogens is 242 g/mol. The minimum atomic E-state index is 0.570. The predicted octanol–water partition coefficient (Wildman–Crippen LogP) is 2.68. The average Bonchev–Trinajstić information content (AvgIpc) is 2.99. The molecule has 0 atom stereocenters. The Labute approximate surface area is 110 Å². The lowest BCUT2D eigenvalue weighted by Crippen LogP contribution is -1.99. The summed E-state index contributed by atoms with van der Waals surface area (Å²) in [4.78, 5) is 4.69. The van der Waals surface area contributed by atoms with Crippen LogP contribution in [0.4, 0.5) is 0 Å². The Kier molecular flexibility index (Phi) is 2.89. The Morgan fingerprint density at radius 2 is 2.17 bits per heavy atom. The van der Waals surface area contributed by atoms with Crippen molar-refractivity contribution in [2.75, 3.05) is 0 Å². The van der Waals surface area contributed by atoms with Crippen molar-refractivity contribution >= 4 is 22.4 Å². The van der Waals surface area contributed by atoms with Crippen molar-refractivity contribution in [3.05, 3.63) is 52.0 Å². The minimum absolute atomic E-state index is 0.570. The van der Waals surface area contributed by atoms with Crippen molar-refractivity contribution in [3.8, 4) is 0 Å². The summed E-state index contributed by atoms with van der Waals surface area (Å²) in [5.41, 5.74) is 10.3. The largest absolute Gasteiger partial charge is 0.331 e. The molecule has 92 valence electrons. The molecule has 2 N–H and O–H groups in total. The van der Waals surface area contributed by atoms with Gasteiger partial charge < -0.3 is 10.3 Å². The van der Waals surface area contributed by atoms with Crippen LogP contribution in [0.15, 0.2) is 35.0 Å². The van der Waals surface area contributed by atoms with Gasteiger partial charge in [0.15, 0.2) is 0 Å². The number of aromatic nitrogens is 2. The van der Waals surface area contributed by atoms with Crippen LogP contribution in [-0.4, -0.2) is 9.55 Å². The molecule has 0 aliphatic carbocycles. The van der Waals surface area contributed by atoms with E-state index in [2.05, 4.69) is 45.6 Å². The highest BCUT2D eigenvalue weighted by Gasteiger charge is 2.08. The maximum Gasteiger partial charge on any atom is 0.114 e. The molecule has 0 saturated heterocycles. The number of thiophene rings is 1. The molecule has 0 saturated carbocycles. The van der Waals surface area contributed by atoms with Gasteiger partial charge in [0.2, 0.25) is 0 Å². The van der Waals surface area contributed by atoms with E-state index >= 15 is 0 Å². The van der Waals surface area contributed by atoms with Crippen LogP contribution in [0.2, 0.25) is 0 Å². The second-order valence-electron chi connectivity index (χ2n) is 4.42. The molecular formula is C14H15N3S. The number of rotatable bonds is 3. The molecule has 3 aromatic rings. The van der Waals surface area contributed by atoms with E-state index in [9.17, 15) is 0 Å². The molecule has 0 unspecified atom stereocenters. The molecule has 0 fully saturated rings. The molecule has 1 aromatic carbocycles. The lowest BCUT2D eigenvalue weighted by Gasteiger charge is -2.01. The summed E-state index contributed by atoms with van der Waals surface area (Å²) in [6, 6.07) is 8.37. The number of fused-ring (bicyclic) bond motifs is 1. The van der Waals surface area contributed by atoms with Crippen molar-refractivity contribution < 1.29 is 0 Å². The van der Waals surface area contributed by atoms with Crippen LogP contribution in [0.3, 0.4) is 0 Å². The second-order valence-corrected chi connectivity index (χ2v) is 5.20. The summed E-state index contributed by atoms with van der Waals surface area (Å²) < 4.78 is 2.16. The number of nitrogens with zero attached hydrogens (tertiary/aromatic N) is 2. The summed E-state index contributed by atoms with van der Waals surface area (Å²) in [5.74, 6) is 1.09. The predicted molar refractivity (Wildman–Crippen MR) is 75.7 cm³/mol. The monoisotopic (exact) mass is 257 g/mol. The molecule has 3 nitrogen and oxygen atoms in total. The Hall–Kier alpha value is -1.65. The van der Waals surface area contributed by atoms with Crippen molar-refractivity contribution in [1.82, 2.24) is 9.55 Å². The smallest absolute Gasteiger partial charge is 0.114 e. The van der Waals surface area contributed by atoms with Gasteiger partial charge in [0.25, 0.3) is 0 Å². The van der Waals surface area contributed by atoms with Crippen LogP contribution in [0.25, 0.3) is 11.0 Å². The molecule has 0 aliphatic heterocycles. The van der Waals surface area contributed by atoms with Gasteiger partial charge in [-0.15, -0.1) is 0 Å². The van der Waals surface area contributed by atoms with Crippen molar-refractivity contribution in [2.24, 2.45) is 12.8 Å². The maximum atomic E-state index is 5.68. The zero-order valence-electron chi connectivity index (χ0n) is 10.3. The standard InChI is InChI=1S/C14H15N3S/c1-17-13-6-10(8-15)2-3-12(13)16-14(17)7-11-4-5-18-9-11/h2-6,9H,7-8,15H2,1H3. The van der Waals surface area contributed by atoms with Crippen LogP contribution in [-0.2, 0) is 20.0 Å². The van der Waals surface area contributed by atoms with Crippen molar-refractivity contribution in [2.45, 2.75) is 13.0 Å². The van der Waals surface area contributed by atoms with Gasteiger partial charge in [-0.05, 0) is 40.1 Å². The highest BCUT2D eigenvalue weighted by molar-refractivity contribution is 7.07. The first-order chi connectivity index (χ1) is 8.78. The Morgan fingerprint density at radius 3 is 2.89 bits per heavy atom. The Balaban J connectivity index is 2.05. The quantitative estimate of drug-likeness (QED) is 0.784. The molecule has 3 rings (SSSR count). The fraction of sp³-hybridized carbons (Fsp3) is 0.214. The number of hydrogen-bond donors (Lipinski definition) is 1. The lowest BCUT2D eigenvalue weighted by atomic mass is 10.2. The van der Waals surface area contributed by atoms with Gasteiger partial charge in [-0.1, -0.05) is 6.07 Å². The molecule has 0 aliphatic rings. The van der Waals surface area contributed by atoms with Gasteiger partial charge in [-0.3, -0.25) is 0 Å². The van der Waals surface area contributed by atoms with Gasteiger partial charge in [0.05, 0.1) is 11.0 Å². The van der Waals surface area contributed by atoms with Crippen LogP contribution >= 0.6 is 11.3 Å². The average molecular weight is 257 g/mol. The normalized spacial score (nSPS) is 11.2. The van der Waals surface area contributed by atoms with E-state index in [0.717, 1.165) is 28.8 Å². The topological polar surface area (TPSA) is 43.8 Å². The van der Waals surface area contributed by atoms with E-state index in [1.165, 1.54) is 5.56 Å². The van der Waals surface area contributed by atoms with Gasteiger partial charge in [-0.25, -0.2) is 4.98 Å². The molecule has 18 heavy (non-hydrogen) atoms. The van der Waals surface area contributed by atoms with E-state index in [1.807, 2.05) is 6.07 Å². The highest BCUT2D eigenvalue weighted by atomic mass is 32.1. The van der Waals surface area contributed by atoms with Crippen LogP contribution < -0.4 is 5.73 Å². The number of nitrogens with two attached hydrogens (primary N) is 1. The fourth-order valence-electron chi connectivity index (χ4n) is 2.15. The molecule has 2 heterocycles. The van der Waals surface area contributed by atoms with Crippen molar-refractivity contribution in [3.63, 3.8) is 0 Å². The molecule has 0 spiro atoms. The second kappa shape index (κ2) is 4.55. The van der Waals surface area contributed by atoms with Gasteiger partial charge >= 0.3 is 0 Å². The zero-order chi connectivity index (χ0) is 12.5. The van der Waals surface area contributed by atoms with Crippen LogP contribution in [0.5, 0.6) is 0 Å². The number of aryl methyl sites for hydroxylation is 1. The fourth-order valence-corrected chi connectivity index (χ4v) is 2.81. The van der Waals surface area contributed by atoms with Crippen LogP contribution in [0.1, 0.15) is 17.0 Å². The molecule has 4 heteroatoms. The first kappa shape index (κ1) is 11.4. The third-order valence-electron chi connectivity index (χ3n) is 3.22. The van der Waals surface area contributed by atoms with E-state index in [1.54, 1.807) is 11.3 Å². The minimum Gasteiger partial charge on any atom is -0.331 e. The number of hydrogen-bond acceptors (Lipinski definition) is 3. The summed E-state index contributed by atoms with van der Waals surface area (Å²) in [7, 11) is 2.07. The summed E-state index contributed by atoms with van der Waals surface area (Å²) in [5, 5.41) is 4.27. The van der Waals surface area contributed by atoms with E-state index in [0.29, 0.717) is 6.54 Å². The summed E-state index contributed by atoms with van der Waals surface area (Å²) in [6.45, 7) is 0.570. The Morgan fingerprint density at radius 1 is 1.28 bits per heavy atom. The first-order valence-electron chi connectivity index (χ1n) is 5.93.